The summed E-state index contributed by atoms with van der Waals surface area (Å²) in [5.74, 6) is -0.413. The maximum absolute atomic E-state index is 11.7. The van der Waals surface area contributed by atoms with Crippen LogP contribution in [-0.2, 0) is 4.79 Å². The number of hydrogen-bond donors (Lipinski definition) is 2. The molecule has 0 fully saturated rings. The molecule has 5 nitrogen and oxygen atoms in total. The highest BCUT2D eigenvalue weighted by molar-refractivity contribution is 5.97. The molecule has 0 aromatic heterocycles. The number of phenols is 1. The van der Waals surface area contributed by atoms with Gasteiger partial charge in [-0.3, -0.25) is 9.59 Å². The van der Waals surface area contributed by atoms with Gasteiger partial charge in [0.15, 0.2) is 0 Å². The number of phenolic OH excluding ortho intramolecular Hbond substituents is 1. The van der Waals surface area contributed by atoms with Crippen LogP contribution in [0.25, 0.3) is 0 Å². The molecular weight excluding hydrogens is 220 g/mol. The Kier molecular flexibility index (Phi) is 4.09. The zero-order valence-electron chi connectivity index (χ0n) is 10.1. The van der Waals surface area contributed by atoms with E-state index in [1.165, 1.54) is 29.2 Å². The molecular formula is C12H16N2O3. The molecule has 2 N–H and O–H groups in total. The summed E-state index contributed by atoms with van der Waals surface area (Å²) in [5.41, 5.74) is 0.404. The van der Waals surface area contributed by atoms with Crippen molar-refractivity contribution in [1.29, 1.82) is 0 Å². The number of carbonyl (C=O) groups is 2. The highest BCUT2D eigenvalue weighted by Crippen LogP contribution is 2.09. The van der Waals surface area contributed by atoms with Crippen LogP contribution in [0.2, 0.25) is 0 Å². The van der Waals surface area contributed by atoms with Crippen molar-refractivity contribution in [3.8, 4) is 5.75 Å². The quantitative estimate of drug-likeness (QED) is 0.807. The number of rotatable bonds is 3. The van der Waals surface area contributed by atoms with Gasteiger partial charge in [0.05, 0.1) is 0 Å². The van der Waals surface area contributed by atoms with Gasteiger partial charge in [0.1, 0.15) is 11.8 Å². The third kappa shape index (κ3) is 3.48. The van der Waals surface area contributed by atoms with Crippen molar-refractivity contribution >= 4 is 11.8 Å². The fraction of sp³-hybridized carbons (Fsp3) is 0.333. The van der Waals surface area contributed by atoms with Crippen LogP contribution in [0.3, 0.4) is 0 Å². The summed E-state index contributed by atoms with van der Waals surface area (Å²) in [6.07, 6.45) is 0. The van der Waals surface area contributed by atoms with Crippen LogP contribution < -0.4 is 5.32 Å². The average molecular weight is 236 g/mol. The van der Waals surface area contributed by atoms with Gasteiger partial charge in [0.25, 0.3) is 5.91 Å². The van der Waals surface area contributed by atoms with E-state index < -0.39 is 6.04 Å². The summed E-state index contributed by atoms with van der Waals surface area (Å²) in [5, 5.41) is 11.7. The lowest BCUT2D eigenvalue weighted by molar-refractivity contribution is -0.130. The molecule has 5 heteroatoms. The van der Waals surface area contributed by atoms with Gasteiger partial charge in [-0.1, -0.05) is 0 Å². The van der Waals surface area contributed by atoms with Gasteiger partial charge < -0.3 is 15.3 Å². The molecule has 0 aliphatic carbocycles. The standard InChI is InChI=1S/C12H16N2O3/c1-8(12(17)14(2)3)13-11(16)9-4-6-10(15)7-5-9/h4-8,15H,1-3H3,(H,13,16). The number of amides is 2. The number of likely N-dealkylation sites (N-methyl/N-ethyl adjacent to an activating group) is 1. The van der Waals surface area contributed by atoms with Crippen LogP contribution >= 0.6 is 0 Å². The topological polar surface area (TPSA) is 69.6 Å². The molecule has 2 amide bonds. The summed E-state index contributed by atoms with van der Waals surface area (Å²) in [4.78, 5) is 24.7. The van der Waals surface area contributed by atoms with Crippen molar-refractivity contribution in [1.82, 2.24) is 10.2 Å². The van der Waals surface area contributed by atoms with E-state index in [1.54, 1.807) is 21.0 Å². The van der Waals surface area contributed by atoms with Gasteiger partial charge in [-0.05, 0) is 31.2 Å². The number of aromatic hydroxyl groups is 1. The fourth-order valence-corrected chi connectivity index (χ4v) is 1.34. The Hall–Kier alpha value is -2.04. The van der Waals surface area contributed by atoms with Crippen molar-refractivity contribution in [2.75, 3.05) is 14.1 Å². The highest BCUT2D eigenvalue weighted by Gasteiger charge is 2.17. The van der Waals surface area contributed by atoms with Crippen LogP contribution in [0.1, 0.15) is 17.3 Å². The summed E-state index contributed by atoms with van der Waals surface area (Å²) >= 11 is 0. The van der Waals surface area contributed by atoms with Gasteiger partial charge in [0, 0.05) is 19.7 Å². The second-order valence-corrected chi connectivity index (χ2v) is 3.97. The Morgan fingerprint density at radius 2 is 1.76 bits per heavy atom. The highest BCUT2D eigenvalue weighted by atomic mass is 16.3. The van der Waals surface area contributed by atoms with E-state index in [0.29, 0.717) is 5.56 Å². The second-order valence-electron chi connectivity index (χ2n) is 3.97. The van der Waals surface area contributed by atoms with Crippen LogP contribution in [0, 0.1) is 0 Å². The van der Waals surface area contributed by atoms with E-state index >= 15 is 0 Å². The van der Waals surface area contributed by atoms with Gasteiger partial charge in [0.2, 0.25) is 5.91 Å². The maximum Gasteiger partial charge on any atom is 0.251 e. The molecule has 92 valence electrons. The van der Waals surface area contributed by atoms with Crippen molar-refractivity contribution in [2.45, 2.75) is 13.0 Å². The predicted octanol–water partition coefficient (Wildman–Crippen LogP) is 0.599. The number of benzene rings is 1. The van der Waals surface area contributed by atoms with E-state index in [0.717, 1.165) is 0 Å². The van der Waals surface area contributed by atoms with Gasteiger partial charge >= 0.3 is 0 Å². The average Bonchev–Trinajstić information content (AvgIpc) is 2.28. The lowest BCUT2D eigenvalue weighted by atomic mass is 10.2. The van der Waals surface area contributed by atoms with Crippen molar-refractivity contribution in [3.63, 3.8) is 0 Å². The first-order valence-corrected chi connectivity index (χ1v) is 5.23. The summed E-state index contributed by atoms with van der Waals surface area (Å²) in [6, 6.07) is 5.27. The van der Waals surface area contributed by atoms with Crippen LogP contribution in [0.5, 0.6) is 5.75 Å². The smallest absolute Gasteiger partial charge is 0.251 e. The zero-order valence-corrected chi connectivity index (χ0v) is 10.1. The normalized spacial score (nSPS) is 11.7. The van der Waals surface area contributed by atoms with E-state index in [1.807, 2.05) is 0 Å². The summed E-state index contributed by atoms with van der Waals surface area (Å²) < 4.78 is 0. The number of carbonyl (C=O) groups excluding carboxylic acids is 2. The lowest BCUT2D eigenvalue weighted by Crippen LogP contribution is -2.44. The molecule has 0 saturated heterocycles. The minimum Gasteiger partial charge on any atom is -0.508 e. The molecule has 1 aromatic carbocycles. The van der Waals surface area contributed by atoms with Crippen LogP contribution in [-0.4, -0.2) is 42.0 Å². The molecule has 1 unspecified atom stereocenters. The Labute approximate surface area is 100 Å². The summed E-state index contributed by atoms with van der Waals surface area (Å²) in [6.45, 7) is 1.63. The molecule has 17 heavy (non-hydrogen) atoms. The Bertz CT molecular complexity index is 412. The Morgan fingerprint density at radius 1 is 1.24 bits per heavy atom. The molecule has 1 aromatic rings. The van der Waals surface area contributed by atoms with Gasteiger partial charge in [-0.2, -0.15) is 0 Å². The van der Waals surface area contributed by atoms with Gasteiger partial charge in [-0.15, -0.1) is 0 Å². The first-order chi connectivity index (χ1) is 7.91. The predicted molar refractivity (Wildman–Crippen MR) is 63.7 cm³/mol. The molecule has 0 spiro atoms. The number of nitrogens with zero attached hydrogens (tertiary/aromatic N) is 1. The Morgan fingerprint density at radius 3 is 2.24 bits per heavy atom. The third-order valence-electron chi connectivity index (χ3n) is 2.29. The van der Waals surface area contributed by atoms with Crippen molar-refractivity contribution < 1.29 is 14.7 Å². The second kappa shape index (κ2) is 5.34. The van der Waals surface area contributed by atoms with E-state index in [4.69, 9.17) is 5.11 Å². The molecule has 0 aliphatic heterocycles. The third-order valence-corrected chi connectivity index (χ3v) is 2.29. The summed E-state index contributed by atoms with van der Waals surface area (Å²) in [7, 11) is 3.26. The van der Waals surface area contributed by atoms with Crippen LogP contribution in [0.4, 0.5) is 0 Å². The molecule has 1 rings (SSSR count). The molecule has 0 saturated carbocycles. The monoisotopic (exact) mass is 236 g/mol. The lowest BCUT2D eigenvalue weighted by Gasteiger charge is -2.17. The van der Waals surface area contributed by atoms with E-state index in [-0.39, 0.29) is 17.6 Å². The first-order valence-electron chi connectivity index (χ1n) is 5.23. The van der Waals surface area contributed by atoms with Gasteiger partial charge in [-0.25, -0.2) is 0 Å². The van der Waals surface area contributed by atoms with E-state index in [2.05, 4.69) is 5.32 Å². The number of hydrogen-bond acceptors (Lipinski definition) is 3. The maximum atomic E-state index is 11.7. The molecule has 1 atom stereocenters. The molecule has 0 bridgehead atoms. The molecule has 0 aliphatic rings. The van der Waals surface area contributed by atoms with E-state index in [9.17, 15) is 9.59 Å². The largest absolute Gasteiger partial charge is 0.508 e. The first kappa shape index (κ1) is 13.0. The molecule has 0 heterocycles. The SMILES string of the molecule is CC(NC(=O)c1ccc(O)cc1)C(=O)N(C)C. The fourth-order valence-electron chi connectivity index (χ4n) is 1.34. The van der Waals surface area contributed by atoms with Crippen LogP contribution in [0.15, 0.2) is 24.3 Å². The number of nitrogens with one attached hydrogen (secondary N) is 1. The van der Waals surface area contributed by atoms with Crippen molar-refractivity contribution in [3.05, 3.63) is 29.8 Å². The zero-order chi connectivity index (χ0) is 13.0. The minimum atomic E-state index is -0.577. The molecule has 0 radical (unpaired) electrons. The Balaban J connectivity index is 2.66. The minimum absolute atomic E-state index is 0.0963. The van der Waals surface area contributed by atoms with Crippen molar-refractivity contribution in [2.24, 2.45) is 0 Å².